The van der Waals surface area contributed by atoms with Crippen LogP contribution in [0.3, 0.4) is 0 Å². The Morgan fingerprint density at radius 2 is 2.20 bits per heavy atom. The molecule has 0 fully saturated rings. The molecule has 4 heteroatoms. The van der Waals surface area contributed by atoms with Gasteiger partial charge in [-0.1, -0.05) is 17.7 Å². The molecule has 1 atom stereocenters. The first-order chi connectivity index (χ1) is 7.15. The molecule has 84 valence electrons. The van der Waals surface area contributed by atoms with E-state index in [1.807, 2.05) is 6.92 Å². The monoisotopic (exact) mass is 229 g/mol. The lowest BCUT2D eigenvalue weighted by Gasteiger charge is -2.13. The highest BCUT2D eigenvalue weighted by atomic mass is 35.5. The molecule has 15 heavy (non-hydrogen) atoms. The van der Waals surface area contributed by atoms with Crippen molar-refractivity contribution in [2.24, 2.45) is 0 Å². The van der Waals surface area contributed by atoms with Crippen LogP contribution in [0, 0.1) is 0 Å². The summed E-state index contributed by atoms with van der Waals surface area (Å²) in [5.41, 5.74) is 0.698. The summed E-state index contributed by atoms with van der Waals surface area (Å²) < 4.78 is 0. The highest BCUT2D eigenvalue weighted by Gasteiger charge is 2.07. The maximum absolute atomic E-state index is 9.56. The predicted octanol–water partition coefficient (Wildman–Crippen LogP) is 1.91. The van der Waals surface area contributed by atoms with Gasteiger partial charge in [0.05, 0.1) is 0 Å². The van der Waals surface area contributed by atoms with Crippen LogP contribution in [0.15, 0.2) is 18.2 Å². The summed E-state index contributed by atoms with van der Waals surface area (Å²) in [5.74, 6) is 0.200. The first kappa shape index (κ1) is 12.3. The normalized spacial score (nSPS) is 12.7. The molecule has 1 unspecified atom stereocenters. The summed E-state index contributed by atoms with van der Waals surface area (Å²) >= 11 is 5.94. The number of phenolic OH excluding ortho intramolecular Hbond substituents is 1. The molecule has 3 nitrogen and oxygen atoms in total. The molecule has 0 heterocycles. The van der Waals surface area contributed by atoms with E-state index in [0.717, 1.165) is 0 Å². The topological polar surface area (TPSA) is 52.5 Å². The van der Waals surface area contributed by atoms with Crippen LogP contribution < -0.4 is 5.32 Å². The van der Waals surface area contributed by atoms with Gasteiger partial charge in [-0.3, -0.25) is 0 Å². The largest absolute Gasteiger partial charge is 0.508 e. The minimum absolute atomic E-state index is 0.155. The van der Waals surface area contributed by atoms with E-state index in [1.54, 1.807) is 18.2 Å². The van der Waals surface area contributed by atoms with E-state index >= 15 is 0 Å². The smallest absolute Gasteiger partial charge is 0.121 e. The van der Waals surface area contributed by atoms with E-state index in [0.29, 0.717) is 23.6 Å². The fourth-order valence-corrected chi connectivity index (χ4v) is 1.53. The number of aliphatic hydroxyl groups is 1. The van der Waals surface area contributed by atoms with Crippen molar-refractivity contribution in [3.8, 4) is 5.75 Å². The van der Waals surface area contributed by atoms with Gasteiger partial charge in [0.15, 0.2) is 0 Å². The van der Waals surface area contributed by atoms with Gasteiger partial charge in [-0.2, -0.15) is 0 Å². The van der Waals surface area contributed by atoms with Gasteiger partial charge in [0.25, 0.3) is 0 Å². The SMILES string of the molecule is CC(CCO)NCc1c(O)cccc1Cl. The number of aliphatic hydroxyl groups excluding tert-OH is 1. The van der Waals surface area contributed by atoms with Gasteiger partial charge < -0.3 is 15.5 Å². The van der Waals surface area contributed by atoms with Crippen molar-refractivity contribution in [3.05, 3.63) is 28.8 Å². The molecule has 0 saturated heterocycles. The van der Waals surface area contributed by atoms with Crippen LogP contribution in [-0.4, -0.2) is 22.9 Å². The zero-order valence-corrected chi connectivity index (χ0v) is 9.46. The second-order valence-corrected chi connectivity index (χ2v) is 3.94. The molecule has 0 aromatic heterocycles. The van der Waals surface area contributed by atoms with E-state index in [4.69, 9.17) is 16.7 Å². The number of phenols is 1. The first-order valence-electron chi connectivity index (χ1n) is 4.95. The lowest BCUT2D eigenvalue weighted by atomic mass is 10.1. The Morgan fingerprint density at radius 3 is 2.80 bits per heavy atom. The molecule has 1 rings (SSSR count). The standard InChI is InChI=1S/C11H16ClNO2/c1-8(5-6-14)13-7-9-10(12)3-2-4-11(9)15/h2-4,8,13-15H,5-7H2,1H3. The maximum Gasteiger partial charge on any atom is 0.121 e. The van der Waals surface area contributed by atoms with Crippen molar-refractivity contribution >= 4 is 11.6 Å². The molecule has 0 saturated carbocycles. The van der Waals surface area contributed by atoms with E-state index < -0.39 is 0 Å². The summed E-state index contributed by atoms with van der Waals surface area (Å²) in [4.78, 5) is 0. The Balaban J connectivity index is 2.57. The number of aromatic hydroxyl groups is 1. The Hall–Kier alpha value is -0.770. The van der Waals surface area contributed by atoms with Crippen molar-refractivity contribution in [2.75, 3.05) is 6.61 Å². The van der Waals surface area contributed by atoms with E-state index in [9.17, 15) is 5.11 Å². The van der Waals surface area contributed by atoms with Crippen LogP contribution in [0.5, 0.6) is 5.75 Å². The first-order valence-corrected chi connectivity index (χ1v) is 5.33. The van der Waals surface area contributed by atoms with Gasteiger partial charge in [0, 0.05) is 29.8 Å². The Labute approximate surface area is 94.7 Å². The number of hydrogen-bond acceptors (Lipinski definition) is 3. The average molecular weight is 230 g/mol. The molecule has 3 N–H and O–H groups in total. The molecular weight excluding hydrogens is 214 g/mol. The third-order valence-corrected chi connectivity index (χ3v) is 2.64. The summed E-state index contributed by atoms with van der Waals surface area (Å²) in [6.07, 6.45) is 0.686. The fraction of sp³-hybridized carbons (Fsp3) is 0.455. The molecule has 0 aliphatic heterocycles. The van der Waals surface area contributed by atoms with Crippen LogP contribution >= 0.6 is 11.6 Å². The van der Waals surface area contributed by atoms with Crippen molar-refractivity contribution < 1.29 is 10.2 Å². The number of nitrogens with one attached hydrogen (secondary N) is 1. The van der Waals surface area contributed by atoms with E-state index in [2.05, 4.69) is 5.32 Å². The Morgan fingerprint density at radius 1 is 1.47 bits per heavy atom. The molecule has 1 aromatic rings. The van der Waals surface area contributed by atoms with Crippen molar-refractivity contribution in [2.45, 2.75) is 25.9 Å². The number of rotatable bonds is 5. The molecular formula is C11H16ClNO2. The van der Waals surface area contributed by atoms with Gasteiger partial charge >= 0.3 is 0 Å². The van der Waals surface area contributed by atoms with Gasteiger partial charge in [-0.15, -0.1) is 0 Å². The zero-order valence-electron chi connectivity index (χ0n) is 8.70. The minimum atomic E-state index is 0.155. The van der Waals surface area contributed by atoms with Gasteiger partial charge in [0.2, 0.25) is 0 Å². The molecule has 0 bridgehead atoms. The number of halogens is 1. The van der Waals surface area contributed by atoms with Gasteiger partial charge in [-0.25, -0.2) is 0 Å². The van der Waals surface area contributed by atoms with Gasteiger partial charge in [0.1, 0.15) is 5.75 Å². The second kappa shape index (κ2) is 5.95. The Kier molecular flexibility index (Phi) is 4.88. The lowest BCUT2D eigenvalue weighted by molar-refractivity contribution is 0.268. The number of hydrogen-bond donors (Lipinski definition) is 3. The quantitative estimate of drug-likeness (QED) is 0.723. The van der Waals surface area contributed by atoms with Crippen LogP contribution in [0.4, 0.5) is 0 Å². The third-order valence-electron chi connectivity index (χ3n) is 2.28. The van der Waals surface area contributed by atoms with Crippen LogP contribution in [0.2, 0.25) is 5.02 Å². The number of benzene rings is 1. The van der Waals surface area contributed by atoms with E-state index in [1.165, 1.54) is 0 Å². The molecule has 0 aliphatic rings. The fourth-order valence-electron chi connectivity index (χ4n) is 1.29. The van der Waals surface area contributed by atoms with Crippen LogP contribution in [-0.2, 0) is 6.54 Å². The van der Waals surface area contributed by atoms with E-state index in [-0.39, 0.29) is 18.4 Å². The summed E-state index contributed by atoms with van der Waals surface area (Å²) in [6, 6.07) is 5.26. The molecule has 0 aliphatic carbocycles. The van der Waals surface area contributed by atoms with Crippen molar-refractivity contribution in [1.29, 1.82) is 0 Å². The second-order valence-electron chi connectivity index (χ2n) is 3.53. The van der Waals surface area contributed by atoms with Gasteiger partial charge in [-0.05, 0) is 25.5 Å². The van der Waals surface area contributed by atoms with Crippen molar-refractivity contribution in [1.82, 2.24) is 5.32 Å². The maximum atomic E-state index is 9.56. The molecule has 0 spiro atoms. The van der Waals surface area contributed by atoms with Crippen LogP contribution in [0.1, 0.15) is 18.9 Å². The van der Waals surface area contributed by atoms with Crippen molar-refractivity contribution in [3.63, 3.8) is 0 Å². The lowest BCUT2D eigenvalue weighted by Crippen LogP contribution is -2.26. The Bertz CT molecular complexity index is 297. The molecule has 0 amide bonds. The minimum Gasteiger partial charge on any atom is -0.508 e. The molecule has 0 radical (unpaired) electrons. The summed E-state index contributed by atoms with van der Waals surface area (Å²) in [5, 5.41) is 22.0. The van der Waals surface area contributed by atoms with Crippen LogP contribution in [0.25, 0.3) is 0 Å². The summed E-state index contributed by atoms with van der Waals surface area (Å²) in [6.45, 7) is 2.64. The third kappa shape index (κ3) is 3.70. The zero-order chi connectivity index (χ0) is 11.3. The average Bonchev–Trinajstić information content (AvgIpc) is 2.17. The summed E-state index contributed by atoms with van der Waals surface area (Å²) in [7, 11) is 0. The predicted molar refractivity (Wildman–Crippen MR) is 61.1 cm³/mol. The highest BCUT2D eigenvalue weighted by Crippen LogP contribution is 2.24. The highest BCUT2D eigenvalue weighted by molar-refractivity contribution is 6.31. The molecule has 1 aromatic carbocycles.